The number of amides is 1. The number of piperidine rings is 1. The van der Waals surface area contributed by atoms with Crippen LogP contribution >= 0.6 is 23.4 Å². The van der Waals surface area contributed by atoms with Crippen molar-refractivity contribution in [1.82, 2.24) is 20.2 Å². The number of benzene rings is 2. The van der Waals surface area contributed by atoms with Gasteiger partial charge in [-0.3, -0.25) is 4.79 Å². The number of rotatable bonds is 6. The molecule has 0 atom stereocenters. The Labute approximate surface area is 178 Å². The molecule has 1 aliphatic rings. The van der Waals surface area contributed by atoms with Crippen molar-refractivity contribution in [2.75, 3.05) is 29.1 Å². The number of nitrogens with zero attached hydrogens (tertiary/aromatic N) is 5. The molecule has 7 nitrogen and oxygen atoms in total. The van der Waals surface area contributed by atoms with Gasteiger partial charge in [0, 0.05) is 18.1 Å². The molecule has 9 heteroatoms. The average Bonchev–Trinajstić information content (AvgIpc) is 3.22. The van der Waals surface area contributed by atoms with E-state index in [1.807, 2.05) is 48.5 Å². The molecule has 1 N–H and O–H groups in total. The summed E-state index contributed by atoms with van der Waals surface area (Å²) in [6.45, 7) is 1.98. The minimum absolute atomic E-state index is 0.127. The van der Waals surface area contributed by atoms with Crippen LogP contribution in [0, 0.1) is 0 Å². The zero-order valence-electron chi connectivity index (χ0n) is 15.8. The fourth-order valence-electron chi connectivity index (χ4n) is 3.34. The molecule has 0 radical (unpaired) electrons. The Bertz CT molecular complexity index is 974. The third-order valence-corrected chi connectivity index (χ3v) is 5.86. The maximum Gasteiger partial charge on any atom is 0.234 e. The highest BCUT2D eigenvalue weighted by Crippen LogP contribution is 2.31. The lowest BCUT2D eigenvalue weighted by Crippen LogP contribution is -2.30. The molecule has 0 aliphatic carbocycles. The summed E-state index contributed by atoms with van der Waals surface area (Å²) in [6, 6.07) is 15.2. The van der Waals surface area contributed by atoms with Crippen molar-refractivity contribution >= 4 is 40.6 Å². The number of carbonyl (C=O) groups excluding carboxylic acids is 1. The zero-order valence-corrected chi connectivity index (χ0v) is 17.4. The third kappa shape index (κ3) is 4.89. The largest absolute Gasteiger partial charge is 0.370 e. The van der Waals surface area contributed by atoms with Crippen LogP contribution in [-0.4, -0.2) is 45.0 Å². The van der Waals surface area contributed by atoms with E-state index >= 15 is 0 Å². The first-order valence-electron chi connectivity index (χ1n) is 9.52. The monoisotopic (exact) mass is 428 g/mol. The van der Waals surface area contributed by atoms with Crippen LogP contribution in [0.1, 0.15) is 19.3 Å². The summed E-state index contributed by atoms with van der Waals surface area (Å²) in [4.78, 5) is 14.9. The van der Waals surface area contributed by atoms with E-state index in [1.165, 1.54) is 18.2 Å². The molecule has 0 saturated carbocycles. The first-order chi connectivity index (χ1) is 14.2. The van der Waals surface area contributed by atoms with Crippen LogP contribution in [0.2, 0.25) is 5.02 Å². The van der Waals surface area contributed by atoms with E-state index in [-0.39, 0.29) is 11.7 Å². The molecule has 29 heavy (non-hydrogen) atoms. The van der Waals surface area contributed by atoms with Gasteiger partial charge in [0.05, 0.1) is 22.8 Å². The van der Waals surface area contributed by atoms with Crippen molar-refractivity contribution in [2.24, 2.45) is 0 Å². The molecule has 1 aromatic heterocycles. The van der Waals surface area contributed by atoms with Crippen LogP contribution < -0.4 is 10.2 Å². The number of anilines is 2. The number of halogens is 1. The zero-order chi connectivity index (χ0) is 20.1. The minimum Gasteiger partial charge on any atom is -0.370 e. The molecular weight excluding hydrogens is 408 g/mol. The standard InChI is InChI=1S/C20H21ClN6OS/c21-15-9-10-18(26-11-5-2-6-12-26)17(13-15)22-19(28)14-29-20-23-24-25-27(20)16-7-3-1-4-8-16/h1,3-4,7-10,13H,2,5-6,11-12,14H2,(H,22,28). The predicted molar refractivity (Wildman–Crippen MR) is 116 cm³/mol. The molecule has 1 amide bonds. The van der Waals surface area contributed by atoms with Crippen LogP contribution in [0.25, 0.3) is 5.69 Å². The fraction of sp³-hybridized carbons (Fsp3) is 0.300. The van der Waals surface area contributed by atoms with E-state index in [0.717, 1.165) is 43.0 Å². The number of hydrogen-bond acceptors (Lipinski definition) is 6. The van der Waals surface area contributed by atoms with Gasteiger partial charge in [0.2, 0.25) is 11.1 Å². The van der Waals surface area contributed by atoms with Crippen molar-refractivity contribution in [3.8, 4) is 5.69 Å². The van der Waals surface area contributed by atoms with Gasteiger partial charge < -0.3 is 10.2 Å². The third-order valence-electron chi connectivity index (χ3n) is 4.70. The molecule has 4 rings (SSSR count). The number of carbonyl (C=O) groups is 1. The normalized spacial score (nSPS) is 14.0. The number of thioether (sulfide) groups is 1. The minimum atomic E-state index is -0.127. The van der Waals surface area contributed by atoms with Crippen LogP contribution in [0.4, 0.5) is 11.4 Å². The fourth-order valence-corrected chi connectivity index (χ4v) is 4.20. The van der Waals surface area contributed by atoms with E-state index in [2.05, 4.69) is 25.7 Å². The molecule has 1 saturated heterocycles. The summed E-state index contributed by atoms with van der Waals surface area (Å²) in [5, 5.41) is 15.9. The van der Waals surface area contributed by atoms with Gasteiger partial charge in [-0.15, -0.1) is 5.10 Å². The molecule has 2 heterocycles. The average molecular weight is 429 g/mol. The lowest BCUT2D eigenvalue weighted by atomic mass is 10.1. The van der Waals surface area contributed by atoms with E-state index < -0.39 is 0 Å². The Morgan fingerprint density at radius 1 is 1.10 bits per heavy atom. The maximum atomic E-state index is 12.6. The van der Waals surface area contributed by atoms with Gasteiger partial charge in [0.15, 0.2) is 0 Å². The lowest BCUT2D eigenvalue weighted by molar-refractivity contribution is -0.113. The molecule has 150 valence electrons. The van der Waals surface area contributed by atoms with Gasteiger partial charge in [-0.2, -0.15) is 4.68 Å². The smallest absolute Gasteiger partial charge is 0.234 e. The first-order valence-corrected chi connectivity index (χ1v) is 10.9. The van der Waals surface area contributed by atoms with Crippen molar-refractivity contribution in [3.63, 3.8) is 0 Å². The predicted octanol–water partition coefficient (Wildman–Crippen LogP) is 4.04. The second kappa shape index (κ2) is 9.28. The Balaban J connectivity index is 1.43. The van der Waals surface area contributed by atoms with E-state index in [9.17, 15) is 4.79 Å². The Kier molecular flexibility index (Phi) is 6.31. The summed E-state index contributed by atoms with van der Waals surface area (Å²) in [7, 11) is 0. The van der Waals surface area contributed by atoms with E-state index in [1.54, 1.807) is 4.68 Å². The van der Waals surface area contributed by atoms with Gasteiger partial charge in [-0.05, 0) is 60.0 Å². The van der Waals surface area contributed by atoms with Crippen LogP contribution in [0.5, 0.6) is 0 Å². The molecule has 1 aliphatic heterocycles. The topological polar surface area (TPSA) is 75.9 Å². The van der Waals surface area contributed by atoms with E-state index in [0.29, 0.717) is 10.2 Å². The van der Waals surface area contributed by atoms with Gasteiger partial charge in [0.1, 0.15) is 0 Å². The summed E-state index contributed by atoms with van der Waals surface area (Å²) in [5.74, 6) is 0.0669. The Morgan fingerprint density at radius 3 is 2.69 bits per heavy atom. The van der Waals surface area contributed by atoms with Gasteiger partial charge >= 0.3 is 0 Å². The van der Waals surface area contributed by atoms with Crippen molar-refractivity contribution in [2.45, 2.75) is 24.4 Å². The molecule has 2 aromatic carbocycles. The molecule has 0 bridgehead atoms. The highest BCUT2D eigenvalue weighted by atomic mass is 35.5. The number of para-hydroxylation sites is 1. The Morgan fingerprint density at radius 2 is 1.90 bits per heavy atom. The molecular formula is C20H21ClN6OS. The number of tetrazole rings is 1. The molecule has 1 fully saturated rings. The summed E-state index contributed by atoms with van der Waals surface area (Å²) in [5.41, 5.74) is 2.61. The molecule has 3 aromatic rings. The van der Waals surface area contributed by atoms with Gasteiger partial charge in [-0.25, -0.2) is 0 Å². The second-order valence-electron chi connectivity index (χ2n) is 6.75. The highest BCUT2D eigenvalue weighted by Gasteiger charge is 2.17. The summed E-state index contributed by atoms with van der Waals surface area (Å²) in [6.07, 6.45) is 3.57. The lowest BCUT2D eigenvalue weighted by Gasteiger charge is -2.30. The van der Waals surface area contributed by atoms with Crippen LogP contribution in [0.3, 0.4) is 0 Å². The number of hydrogen-bond donors (Lipinski definition) is 1. The van der Waals surface area contributed by atoms with Crippen molar-refractivity contribution < 1.29 is 4.79 Å². The number of nitrogens with one attached hydrogen (secondary N) is 1. The molecule has 0 spiro atoms. The summed E-state index contributed by atoms with van der Waals surface area (Å²) < 4.78 is 1.62. The van der Waals surface area contributed by atoms with E-state index in [4.69, 9.17) is 11.6 Å². The van der Waals surface area contributed by atoms with Gasteiger partial charge in [0.25, 0.3) is 0 Å². The Hall–Kier alpha value is -2.58. The highest BCUT2D eigenvalue weighted by molar-refractivity contribution is 7.99. The van der Waals surface area contributed by atoms with Crippen LogP contribution in [0.15, 0.2) is 53.7 Å². The summed E-state index contributed by atoms with van der Waals surface area (Å²) >= 11 is 7.47. The quantitative estimate of drug-likeness (QED) is 0.597. The van der Waals surface area contributed by atoms with Crippen molar-refractivity contribution in [1.29, 1.82) is 0 Å². The molecule has 0 unspecified atom stereocenters. The SMILES string of the molecule is O=C(CSc1nnnn1-c1ccccc1)Nc1cc(Cl)ccc1N1CCCCC1. The van der Waals surface area contributed by atoms with Crippen molar-refractivity contribution in [3.05, 3.63) is 53.6 Å². The maximum absolute atomic E-state index is 12.6. The number of aromatic nitrogens is 4. The first kappa shape index (κ1) is 19.7. The van der Waals surface area contributed by atoms with Gasteiger partial charge in [-0.1, -0.05) is 41.6 Å². The second-order valence-corrected chi connectivity index (χ2v) is 8.13. The van der Waals surface area contributed by atoms with Crippen LogP contribution in [-0.2, 0) is 4.79 Å².